The normalized spacial score (nSPS) is 10.3. The average molecular weight is 177 g/mol. The van der Waals surface area contributed by atoms with E-state index in [0.29, 0.717) is 0 Å². The van der Waals surface area contributed by atoms with E-state index in [1.807, 2.05) is 6.20 Å². The van der Waals surface area contributed by atoms with Crippen molar-refractivity contribution in [3.05, 3.63) is 29.6 Å². The second-order valence-corrected chi connectivity index (χ2v) is 3.47. The molecule has 0 saturated carbocycles. The molecule has 0 aliphatic rings. The van der Waals surface area contributed by atoms with Crippen LogP contribution in [0.4, 0.5) is 0 Å². The van der Waals surface area contributed by atoms with Gasteiger partial charge in [0, 0.05) is 11.9 Å². The predicted octanol–water partition coefficient (Wildman–Crippen LogP) is 3.38. The third-order valence-corrected chi connectivity index (χ3v) is 2.33. The first-order valence-electron chi connectivity index (χ1n) is 5.30. The predicted molar refractivity (Wildman–Crippen MR) is 56.8 cm³/mol. The van der Waals surface area contributed by atoms with Gasteiger partial charge in [0.25, 0.3) is 0 Å². The Balaban J connectivity index is 2.46. The molecule has 72 valence electrons. The van der Waals surface area contributed by atoms with Crippen molar-refractivity contribution < 1.29 is 0 Å². The number of aromatic nitrogens is 1. The molecule has 0 N–H and O–H groups in total. The second-order valence-electron chi connectivity index (χ2n) is 3.47. The second kappa shape index (κ2) is 5.74. The highest BCUT2D eigenvalue weighted by atomic mass is 14.7. The highest BCUT2D eigenvalue weighted by Crippen LogP contribution is 2.06. The molecule has 0 atom stereocenters. The third-order valence-electron chi connectivity index (χ3n) is 2.33. The molecule has 1 rings (SSSR count). The topological polar surface area (TPSA) is 12.9 Å². The van der Waals surface area contributed by atoms with E-state index in [1.54, 1.807) is 0 Å². The van der Waals surface area contributed by atoms with Crippen LogP contribution in [0.1, 0.15) is 44.4 Å². The van der Waals surface area contributed by atoms with Crippen LogP contribution in [0.15, 0.2) is 18.3 Å². The molecule has 13 heavy (non-hydrogen) atoms. The lowest BCUT2D eigenvalue weighted by molar-refractivity contribution is 0.706. The fraction of sp³-hybridized carbons (Fsp3) is 0.583. The molecular formula is C12H19N. The summed E-state index contributed by atoms with van der Waals surface area (Å²) in [6.45, 7) is 4.42. The van der Waals surface area contributed by atoms with Crippen molar-refractivity contribution in [3.8, 4) is 0 Å². The van der Waals surface area contributed by atoms with Crippen LogP contribution >= 0.6 is 0 Å². The first kappa shape index (κ1) is 10.2. The number of nitrogens with zero attached hydrogens (tertiary/aromatic N) is 1. The van der Waals surface area contributed by atoms with Gasteiger partial charge in [0.15, 0.2) is 0 Å². The van der Waals surface area contributed by atoms with Crippen LogP contribution in [0, 0.1) is 0 Å². The Labute approximate surface area is 81.2 Å². The van der Waals surface area contributed by atoms with Gasteiger partial charge in [0.05, 0.1) is 0 Å². The number of hydrogen-bond acceptors (Lipinski definition) is 1. The fourth-order valence-electron chi connectivity index (χ4n) is 1.44. The first-order valence-corrected chi connectivity index (χ1v) is 5.30. The average Bonchev–Trinajstić information content (AvgIpc) is 2.19. The van der Waals surface area contributed by atoms with Crippen LogP contribution in [0.5, 0.6) is 0 Å². The maximum absolute atomic E-state index is 4.36. The SMILES string of the molecule is CCCCCc1cc(CC)ccn1. The molecule has 0 amide bonds. The van der Waals surface area contributed by atoms with Gasteiger partial charge in [-0.2, -0.15) is 0 Å². The van der Waals surface area contributed by atoms with Crippen molar-refractivity contribution in [3.63, 3.8) is 0 Å². The molecule has 0 spiro atoms. The summed E-state index contributed by atoms with van der Waals surface area (Å²) in [7, 11) is 0. The van der Waals surface area contributed by atoms with Crippen molar-refractivity contribution in [1.82, 2.24) is 4.98 Å². The zero-order valence-corrected chi connectivity index (χ0v) is 8.71. The van der Waals surface area contributed by atoms with E-state index in [-0.39, 0.29) is 0 Å². The lowest BCUT2D eigenvalue weighted by Gasteiger charge is -2.01. The summed E-state index contributed by atoms with van der Waals surface area (Å²) in [5.41, 5.74) is 2.66. The van der Waals surface area contributed by atoms with Crippen LogP contribution in [0.3, 0.4) is 0 Å². The maximum Gasteiger partial charge on any atom is 0.0406 e. The molecule has 0 unspecified atom stereocenters. The zero-order valence-electron chi connectivity index (χ0n) is 8.71. The van der Waals surface area contributed by atoms with Gasteiger partial charge in [-0.25, -0.2) is 0 Å². The van der Waals surface area contributed by atoms with E-state index in [2.05, 4.69) is 31.0 Å². The van der Waals surface area contributed by atoms with Crippen LogP contribution in [-0.4, -0.2) is 4.98 Å². The van der Waals surface area contributed by atoms with Crippen molar-refractivity contribution in [2.24, 2.45) is 0 Å². The number of aryl methyl sites for hydroxylation is 2. The number of hydrogen-bond donors (Lipinski definition) is 0. The van der Waals surface area contributed by atoms with Crippen molar-refractivity contribution in [2.45, 2.75) is 46.0 Å². The minimum atomic E-state index is 1.11. The molecule has 1 aromatic rings. The third kappa shape index (κ3) is 3.58. The van der Waals surface area contributed by atoms with E-state index >= 15 is 0 Å². The van der Waals surface area contributed by atoms with Crippen molar-refractivity contribution in [2.75, 3.05) is 0 Å². The smallest absolute Gasteiger partial charge is 0.0406 e. The molecule has 0 radical (unpaired) electrons. The van der Waals surface area contributed by atoms with E-state index in [9.17, 15) is 0 Å². The van der Waals surface area contributed by atoms with Crippen LogP contribution in [0.2, 0.25) is 0 Å². The Morgan fingerprint density at radius 1 is 1.23 bits per heavy atom. The Hall–Kier alpha value is -0.850. The van der Waals surface area contributed by atoms with Crippen LogP contribution in [-0.2, 0) is 12.8 Å². The number of unbranched alkanes of at least 4 members (excludes halogenated alkanes) is 2. The summed E-state index contributed by atoms with van der Waals surface area (Å²) >= 11 is 0. The standard InChI is InChI=1S/C12H19N/c1-3-5-6-7-12-10-11(4-2)8-9-13-12/h8-10H,3-7H2,1-2H3. The zero-order chi connectivity index (χ0) is 9.52. The van der Waals surface area contributed by atoms with Gasteiger partial charge in [0.2, 0.25) is 0 Å². The van der Waals surface area contributed by atoms with Gasteiger partial charge in [-0.3, -0.25) is 4.98 Å². The summed E-state index contributed by atoms with van der Waals surface area (Å²) in [5.74, 6) is 0. The fourth-order valence-corrected chi connectivity index (χ4v) is 1.44. The first-order chi connectivity index (χ1) is 6.36. The van der Waals surface area contributed by atoms with Crippen LogP contribution in [0.25, 0.3) is 0 Å². The number of rotatable bonds is 5. The minimum absolute atomic E-state index is 1.11. The Kier molecular flexibility index (Phi) is 4.52. The van der Waals surface area contributed by atoms with E-state index in [0.717, 1.165) is 12.8 Å². The summed E-state index contributed by atoms with van der Waals surface area (Å²) in [4.78, 5) is 4.36. The summed E-state index contributed by atoms with van der Waals surface area (Å²) < 4.78 is 0. The van der Waals surface area contributed by atoms with Crippen molar-refractivity contribution in [1.29, 1.82) is 0 Å². The van der Waals surface area contributed by atoms with Gasteiger partial charge in [-0.05, 0) is 37.0 Å². The van der Waals surface area contributed by atoms with E-state index in [1.165, 1.54) is 30.5 Å². The molecular weight excluding hydrogens is 158 g/mol. The minimum Gasteiger partial charge on any atom is -0.261 e. The van der Waals surface area contributed by atoms with Gasteiger partial charge in [-0.1, -0.05) is 26.7 Å². The quantitative estimate of drug-likeness (QED) is 0.628. The maximum atomic E-state index is 4.36. The van der Waals surface area contributed by atoms with Gasteiger partial charge < -0.3 is 0 Å². The highest BCUT2D eigenvalue weighted by molar-refractivity contribution is 5.16. The molecule has 0 saturated heterocycles. The van der Waals surface area contributed by atoms with Gasteiger partial charge in [0.1, 0.15) is 0 Å². The lowest BCUT2D eigenvalue weighted by atomic mass is 10.1. The molecule has 0 aromatic carbocycles. The monoisotopic (exact) mass is 177 g/mol. The summed E-state index contributed by atoms with van der Waals surface area (Å²) in [6, 6.07) is 4.33. The molecule has 1 nitrogen and oxygen atoms in total. The Morgan fingerprint density at radius 2 is 2.08 bits per heavy atom. The highest BCUT2D eigenvalue weighted by Gasteiger charge is 1.95. The van der Waals surface area contributed by atoms with Crippen LogP contribution < -0.4 is 0 Å². The van der Waals surface area contributed by atoms with Gasteiger partial charge >= 0.3 is 0 Å². The largest absolute Gasteiger partial charge is 0.261 e. The van der Waals surface area contributed by atoms with Gasteiger partial charge in [-0.15, -0.1) is 0 Å². The molecule has 0 fully saturated rings. The van der Waals surface area contributed by atoms with E-state index in [4.69, 9.17) is 0 Å². The molecule has 1 aromatic heterocycles. The molecule has 0 aliphatic heterocycles. The Morgan fingerprint density at radius 3 is 2.77 bits per heavy atom. The molecule has 0 aliphatic carbocycles. The summed E-state index contributed by atoms with van der Waals surface area (Å²) in [6.07, 6.45) is 8.06. The summed E-state index contributed by atoms with van der Waals surface area (Å²) in [5, 5.41) is 0. The molecule has 0 bridgehead atoms. The lowest BCUT2D eigenvalue weighted by Crippen LogP contribution is -1.91. The molecule has 1 heteroatoms. The van der Waals surface area contributed by atoms with Crippen molar-refractivity contribution >= 4 is 0 Å². The van der Waals surface area contributed by atoms with E-state index < -0.39 is 0 Å². The molecule has 1 heterocycles. The Bertz CT molecular complexity index is 243. The number of pyridine rings is 1.